The summed E-state index contributed by atoms with van der Waals surface area (Å²) >= 11 is 0. The highest BCUT2D eigenvalue weighted by Gasteiger charge is 2.37. The molecule has 25 heavy (non-hydrogen) atoms. The molecule has 1 aromatic rings. The number of urea groups is 1. The first-order valence-corrected chi connectivity index (χ1v) is 8.70. The normalized spacial score (nSPS) is 22.4. The molecule has 0 aliphatic heterocycles. The second-order valence-corrected chi connectivity index (χ2v) is 7.15. The van der Waals surface area contributed by atoms with Gasteiger partial charge in [-0.05, 0) is 62.3 Å². The Morgan fingerprint density at radius 2 is 2.04 bits per heavy atom. The summed E-state index contributed by atoms with van der Waals surface area (Å²) in [6.07, 6.45) is 3.89. The summed E-state index contributed by atoms with van der Waals surface area (Å²) in [5.74, 6) is -0.503. The van der Waals surface area contributed by atoms with E-state index in [0.717, 1.165) is 19.4 Å². The average molecular weight is 349 g/mol. The van der Waals surface area contributed by atoms with Gasteiger partial charge in [-0.3, -0.25) is 9.69 Å². The van der Waals surface area contributed by atoms with Crippen LogP contribution in [0.3, 0.4) is 0 Å². The van der Waals surface area contributed by atoms with E-state index in [1.165, 1.54) is 31.0 Å². The minimum Gasteiger partial charge on any atom is -0.480 e. The number of anilines is 1. The van der Waals surface area contributed by atoms with Crippen LogP contribution in [0.2, 0.25) is 0 Å². The van der Waals surface area contributed by atoms with Crippen molar-refractivity contribution in [2.75, 3.05) is 18.4 Å². The molecule has 2 saturated carbocycles. The van der Waals surface area contributed by atoms with Gasteiger partial charge in [-0.1, -0.05) is 0 Å². The lowest BCUT2D eigenvalue weighted by Gasteiger charge is -2.42. The van der Waals surface area contributed by atoms with E-state index in [0.29, 0.717) is 17.2 Å². The monoisotopic (exact) mass is 349 g/mol. The van der Waals surface area contributed by atoms with Crippen molar-refractivity contribution in [3.05, 3.63) is 29.6 Å². The Balaban J connectivity index is 1.45. The molecule has 7 heteroatoms. The van der Waals surface area contributed by atoms with Gasteiger partial charge in [0.2, 0.25) is 0 Å². The molecule has 0 radical (unpaired) electrons. The number of amides is 2. The summed E-state index contributed by atoms with van der Waals surface area (Å²) < 4.78 is 13.1. The number of carboxylic acid groups (broad SMARTS) is 1. The van der Waals surface area contributed by atoms with E-state index >= 15 is 0 Å². The molecule has 3 rings (SSSR count). The van der Waals surface area contributed by atoms with Crippen LogP contribution in [0.25, 0.3) is 0 Å². The van der Waals surface area contributed by atoms with Gasteiger partial charge in [0.05, 0.1) is 6.54 Å². The number of rotatable bonds is 7. The second kappa shape index (κ2) is 7.39. The van der Waals surface area contributed by atoms with Crippen molar-refractivity contribution < 1.29 is 19.1 Å². The minimum absolute atomic E-state index is 0.0428. The Labute approximate surface area is 146 Å². The molecule has 3 N–H and O–H groups in total. The van der Waals surface area contributed by atoms with Crippen molar-refractivity contribution in [3.8, 4) is 0 Å². The molecule has 0 aromatic heterocycles. The zero-order valence-corrected chi connectivity index (χ0v) is 14.3. The average Bonchev–Trinajstić information content (AvgIpc) is 3.28. The topological polar surface area (TPSA) is 81.7 Å². The third-order valence-electron chi connectivity index (χ3n) is 4.93. The summed E-state index contributed by atoms with van der Waals surface area (Å²) in [6.45, 7) is 2.64. The lowest BCUT2D eigenvalue weighted by molar-refractivity contribution is -0.139. The molecule has 2 amide bonds. The van der Waals surface area contributed by atoms with E-state index in [1.807, 2.05) is 4.90 Å². The lowest BCUT2D eigenvalue weighted by atomic mass is 9.85. The highest BCUT2D eigenvalue weighted by Crippen LogP contribution is 2.33. The maximum Gasteiger partial charge on any atom is 0.319 e. The number of aryl methyl sites for hydroxylation is 1. The SMILES string of the molecule is Cc1cc(F)ccc1NC(=O)NC1CC(N(CC(=O)O)CC2CC2)C1. The van der Waals surface area contributed by atoms with E-state index in [1.54, 1.807) is 6.92 Å². The molecule has 0 saturated heterocycles. The number of benzene rings is 1. The van der Waals surface area contributed by atoms with Crippen molar-refractivity contribution in [3.63, 3.8) is 0 Å². The smallest absolute Gasteiger partial charge is 0.319 e. The van der Waals surface area contributed by atoms with Gasteiger partial charge in [0.25, 0.3) is 0 Å². The van der Waals surface area contributed by atoms with Crippen LogP contribution in [0, 0.1) is 18.7 Å². The number of carboxylic acids is 1. The van der Waals surface area contributed by atoms with E-state index < -0.39 is 5.97 Å². The van der Waals surface area contributed by atoms with E-state index in [-0.39, 0.29) is 30.5 Å². The van der Waals surface area contributed by atoms with Crippen LogP contribution in [0.1, 0.15) is 31.2 Å². The van der Waals surface area contributed by atoms with Crippen LogP contribution in [-0.4, -0.2) is 47.2 Å². The third-order valence-corrected chi connectivity index (χ3v) is 4.93. The fraction of sp³-hybridized carbons (Fsp3) is 0.556. The van der Waals surface area contributed by atoms with Gasteiger partial charge in [0.1, 0.15) is 5.82 Å². The van der Waals surface area contributed by atoms with Gasteiger partial charge in [0, 0.05) is 24.3 Å². The molecular weight excluding hydrogens is 325 g/mol. The maximum absolute atomic E-state index is 13.1. The second-order valence-electron chi connectivity index (χ2n) is 7.15. The van der Waals surface area contributed by atoms with Crippen molar-refractivity contribution >= 4 is 17.7 Å². The molecule has 0 atom stereocenters. The van der Waals surface area contributed by atoms with Crippen LogP contribution in [0.4, 0.5) is 14.9 Å². The Bertz CT molecular complexity index is 657. The summed E-state index contributed by atoms with van der Waals surface area (Å²) in [7, 11) is 0. The zero-order valence-electron chi connectivity index (χ0n) is 14.3. The molecule has 0 unspecified atom stereocenters. The maximum atomic E-state index is 13.1. The highest BCUT2D eigenvalue weighted by molar-refractivity contribution is 5.90. The number of nitrogens with zero attached hydrogens (tertiary/aromatic N) is 1. The van der Waals surface area contributed by atoms with Crippen LogP contribution >= 0.6 is 0 Å². The largest absolute Gasteiger partial charge is 0.480 e. The Hall–Kier alpha value is -2.15. The first-order chi connectivity index (χ1) is 11.9. The van der Waals surface area contributed by atoms with E-state index in [2.05, 4.69) is 10.6 Å². The van der Waals surface area contributed by atoms with E-state index in [9.17, 15) is 14.0 Å². The molecule has 0 heterocycles. The summed E-state index contributed by atoms with van der Waals surface area (Å²) in [4.78, 5) is 25.1. The van der Waals surface area contributed by atoms with Gasteiger partial charge < -0.3 is 15.7 Å². The predicted molar refractivity (Wildman–Crippen MR) is 92.0 cm³/mol. The van der Waals surface area contributed by atoms with E-state index in [4.69, 9.17) is 5.11 Å². The number of carbonyl (C=O) groups excluding carboxylic acids is 1. The fourth-order valence-electron chi connectivity index (χ4n) is 3.26. The van der Waals surface area contributed by atoms with Crippen LogP contribution in [0.15, 0.2) is 18.2 Å². The van der Waals surface area contributed by atoms with Gasteiger partial charge in [-0.15, -0.1) is 0 Å². The number of aliphatic carboxylic acids is 1. The molecule has 2 aliphatic rings. The number of nitrogens with one attached hydrogen (secondary N) is 2. The quantitative estimate of drug-likeness (QED) is 0.707. The number of hydrogen-bond donors (Lipinski definition) is 3. The Morgan fingerprint density at radius 3 is 2.64 bits per heavy atom. The first-order valence-electron chi connectivity index (χ1n) is 8.70. The summed E-state index contributed by atoms with van der Waals surface area (Å²) in [5.41, 5.74) is 1.25. The first kappa shape index (κ1) is 17.7. The number of halogens is 1. The Morgan fingerprint density at radius 1 is 1.32 bits per heavy atom. The molecule has 0 bridgehead atoms. The molecular formula is C18H24FN3O3. The molecule has 2 aliphatic carbocycles. The third kappa shape index (κ3) is 4.92. The molecule has 6 nitrogen and oxygen atoms in total. The minimum atomic E-state index is -0.804. The predicted octanol–water partition coefficient (Wildman–Crippen LogP) is 2.58. The molecule has 1 aromatic carbocycles. The van der Waals surface area contributed by atoms with Crippen molar-refractivity contribution in [2.45, 2.75) is 44.7 Å². The number of hydrogen-bond acceptors (Lipinski definition) is 3. The number of carbonyl (C=O) groups is 2. The molecule has 2 fully saturated rings. The summed E-state index contributed by atoms with van der Waals surface area (Å²) in [6, 6.07) is 4.17. The van der Waals surface area contributed by atoms with Crippen LogP contribution in [0.5, 0.6) is 0 Å². The van der Waals surface area contributed by atoms with Gasteiger partial charge in [-0.2, -0.15) is 0 Å². The van der Waals surface area contributed by atoms with Crippen molar-refractivity contribution in [1.29, 1.82) is 0 Å². The van der Waals surface area contributed by atoms with Gasteiger partial charge in [-0.25, -0.2) is 9.18 Å². The van der Waals surface area contributed by atoms with Crippen LogP contribution in [-0.2, 0) is 4.79 Å². The molecule has 0 spiro atoms. The van der Waals surface area contributed by atoms with Gasteiger partial charge >= 0.3 is 12.0 Å². The van der Waals surface area contributed by atoms with Gasteiger partial charge in [0.15, 0.2) is 0 Å². The highest BCUT2D eigenvalue weighted by atomic mass is 19.1. The van der Waals surface area contributed by atoms with Crippen LogP contribution < -0.4 is 10.6 Å². The van der Waals surface area contributed by atoms with Crippen molar-refractivity contribution in [1.82, 2.24) is 10.2 Å². The Kier molecular flexibility index (Phi) is 5.22. The summed E-state index contributed by atoms with van der Waals surface area (Å²) in [5, 5.41) is 14.7. The van der Waals surface area contributed by atoms with Crippen molar-refractivity contribution in [2.24, 2.45) is 5.92 Å². The standard InChI is InChI=1S/C18H24FN3O3/c1-11-6-13(19)4-5-16(11)21-18(25)20-14-7-15(8-14)22(10-17(23)24)9-12-2-3-12/h4-6,12,14-15H,2-3,7-10H2,1H3,(H,23,24)(H2,20,21,25). The lowest BCUT2D eigenvalue weighted by Crippen LogP contribution is -2.55. The fourth-order valence-corrected chi connectivity index (χ4v) is 3.26. The zero-order chi connectivity index (χ0) is 18.0. The molecule has 136 valence electrons.